The summed E-state index contributed by atoms with van der Waals surface area (Å²) in [7, 11) is 1.64. The third kappa shape index (κ3) is 5.69. The third-order valence-electron chi connectivity index (χ3n) is 3.18. The number of amides is 1. The number of ketones is 1. The van der Waals surface area contributed by atoms with E-state index >= 15 is 0 Å². The summed E-state index contributed by atoms with van der Waals surface area (Å²) in [4.78, 5) is 44.5. The Hall–Kier alpha value is -3.29. The third-order valence-corrected chi connectivity index (χ3v) is 3.18. The highest BCUT2D eigenvalue weighted by molar-refractivity contribution is 5.97. The average molecular weight is 342 g/mol. The van der Waals surface area contributed by atoms with Gasteiger partial charge in [-0.15, -0.1) is 0 Å². The molecule has 1 amide bonds. The van der Waals surface area contributed by atoms with Gasteiger partial charge in [0.1, 0.15) is 6.54 Å². The first-order chi connectivity index (χ1) is 12.0. The molecule has 1 aromatic carbocycles. The molecule has 0 spiro atoms. The molecule has 1 aromatic heterocycles. The summed E-state index contributed by atoms with van der Waals surface area (Å²) in [6.45, 7) is 0.930. The number of carbonyl (C=O) groups is 3. The summed E-state index contributed by atoms with van der Waals surface area (Å²) in [5.74, 6) is -0.797. The lowest BCUT2D eigenvalue weighted by atomic mass is 10.1. The zero-order valence-electron chi connectivity index (χ0n) is 13.9. The van der Waals surface area contributed by atoms with Crippen LogP contribution in [-0.4, -0.2) is 47.8 Å². The van der Waals surface area contributed by atoms with Gasteiger partial charge >= 0.3 is 5.97 Å². The van der Waals surface area contributed by atoms with Gasteiger partial charge in [0.15, 0.2) is 12.4 Å². The van der Waals surface area contributed by atoms with E-state index in [1.807, 2.05) is 0 Å². The van der Waals surface area contributed by atoms with E-state index in [1.54, 1.807) is 49.8 Å². The lowest BCUT2D eigenvalue weighted by Crippen LogP contribution is -2.30. The minimum absolute atomic E-state index is 0.0862. The average Bonchev–Trinajstić information content (AvgIpc) is 2.61. The number of nitrogens with zero attached hydrogens (tertiary/aromatic N) is 3. The normalized spacial score (nSPS) is 10.0. The van der Waals surface area contributed by atoms with Crippen LogP contribution in [0.5, 0.6) is 0 Å². The van der Waals surface area contributed by atoms with Crippen molar-refractivity contribution in [3.8, 4) is 0 Å². The van der Waals surface area contributed by atoms with E-state index in [4.69, 9.17) is 4.74 Å². The van der Waals surface area contributed by atoms with Gasteiger partial charge in [-0.2, -0.15) is 0 Å². The maximum atomic E-state index is 11.8. The van der Waals surface area contributed by atoms with Gasteiger partial charge in [-0.3, -0.25) is 14.4 Å². The van der Waals surface area contributed by atoms with Crippen LogP contribution in [0.1, 0.15) is 17.3 Å². The summed E-state index contributed by atoms with van der Waals surface area (Å²) in [5, 5.41) is 2.57. The van der Waals surface area contributed by atoms with Crippen LogP contribution in [-0.2, 0) is 14.3 Å². The number of benzene rings is 1. The number of esters is 1. The number of ether oxygens (including phenoxy) is 1. The number of likely N-dealkylation sites (N-methyl/N-ethyl adjacent to an activating group) is 1. The molecule has 2 aromatic rings. The Morgan fingerprint density at radius 2 is 1.88 bits per heavy atom. The number of Topliss-reactive ketones (excluding diaryl/α,β-unsaturated/α-hetero) is 1. The van der Waals surface area contributed by atoms with Gasteiger partial charge in [0, 0.05) is 30.7 Å². The molecule has 25 heavy (non-hydrogen) atoms. The number of hydrogen-bond acceptors (Lipinski definition) is 7. The second-order valence-corrected chi connectivity index (χ2v) is 5.25. The van der Waals surface area contributed by atoms with Crippen molar-refractivity contribution in [3.63, 3.8) is 0 Å². The molecule has 0 aliphatic carbocycles. The standard InChI is InChI=1S/C17H18N4O4/c1-12(22)13-5-3-6-14(9-13)20-15(23)11-25-16(24)10-21(2)17-18-7-4-8-19-17/h3-9H,10-11H2,1-2H3,(H,20,23). The Balaban J connectivity index is 1.80. The Morgan fingerprint density at radius 1 is 1.16 bits per heavy atom. The SMILES string of the molecule is CC(=O)c1cccc(NC(=O)COC(=O)CN(C)c2ncccn2)c1. The summed E-state index contributed by atoms with van der Waals surface area (Å²) < 4.78 is 4.93. The van der Waals surface area contributed by atoms with Gasteiger partial charge in [0.25, 0.3) is 5.91 Å². The maximum absolute atomic E-state index is 11.8. The summed E-state index contributed by atoms with van der Waals surface area (Å²) in [6.07, 6.45) is 3.12. The van der Waals surface area contributed by atoms with E-state index < -0.39 is 18.5 Å². The number of carbonyl (C=O) groups excluding carboxylic acids is 3. The number of hydrogen-bond donors (Lipinski definition) is 1. The van der Waals surface area contributed by atoms with Crippen molar-refractivity contribution < 1.29 is 19.1 Å². The molecule has 0 radical (unpaired) electrons. The molecule has 8 heteroatoms. The van der Waals surface area contributed by atoms with Crippen LogP contribution in [0.15, 0.2) is 42.7 Å². The largest absolute Gasteiger partial charge is 0.454 e. The van der Waals surface area contributed by atoms with Crippen molar-refractivity contribution in [1.82, 2.24) is 9.97 Å². The molecule has 0 aliphatic heterocycles. The van der Waals surface area contributed by atoms with E-state index in [0.29, 0.717) is 17.2 Å². The molecule has 0 saturated carbocycles. The Morgan fingerprint density at radius 3 is 2.56 bits per heavy atom. The van der Waals surface area contributed by atoms with Crippen LogP contribution in [0.25, 0.3) is 0 Å². The molecule has 0 saturated heterocycles. The minimum Gasteiger partial charge on any atom is -0.454 e. The molecule has 0 atom stereocenters. The Labute approximate surface area is 144 Å². The van der Waals surface area contributed by atoms with E-state index in [9.17, 15) is 14.4 Å². The first-order valence-electron chi connectivity index (χ1n) is 7.50. The molecule has 0 aliphatic rings. The van der Waals surface area contributed by atoms with Gasteiger partial charge in [0.2, 0.25) is 5.95 Å². The van der Waals surface area contributed by atoms with E-state index in [-0.39, 0.29) is 12.3 Å². The molecule has 130 valence electrons. The van der Waals surface area contributed by atoms with Crippen molar-refractivity contribution >= 4 is 29.3 Å². The van der Waals surface area contributed by atoms with Gasteiger partial charge < -0.3 is 15.0 Å². The highest BCUT2D eigenvalue weighted by Gasteiger charge is 2.13. The highest BCUT2D eigenvalue weighted by Crippen LogP contribution is 2.11. The first kappa shape index (κ1) is 18.1. The minimum atomic E-state index is -0.581. The quantitative estimate of drug-likeness (QED) is 0.597. The fourth-order valence-corrected chi connectivity index (χ4v) is 1.96. The highest BCUT2D eigenvalue weighted by atomic mass is 16.5. The molecule has 0 unspecified atom stereocenters. The summed E-state index contributed by atoms with van der Waals surface area (Å²) >= 11 is 0. The molecule has 0 bridgehead atoms. The van der Waals surface area contributed by atoms with Crippen LogP contribution in [0, 0.1) is 0 Å². The predicted octanol–water partition coefficient (Wildman–Crippen LogP) is 1.30. The van der Waals surface area contributed by atoms with Crippen molar-refractivity contribution in [1.29, 1.82) is 0 Å². The molecule has 1 heterocycles. The van der Waals surface area contributed by atoms with Crippen molar-refractivity contribution in [3.05, 3.63) is 48.3 Å². The number of nitrogens with one attached hydrogen (secondary N) is 1. The monoisotopic (exact) mass is 342 g/mol. The number of rotatable bonds is 7. The predicted molar refractivity (Wildman–Crippen MR) is 91.3 cm³/mol. The van der Waals surface area contributed by atoms with Crippen LogP contribution in [0.4, 0.5) is 11.6 Å². The molecule has 8 nitrogen and oxygen atoms in total. The van der Waals surface area contributed by atoms with Gasteiger partial charge in [0.05, 0.1) is 0 Å². The van der Waals surface area contributed by atoms with Crippen LogP contribution in [0.2, 0.25) is 0 Å². The zero-order valence-corrected chi connectivity index (χ0v) is 13.9. The molecule has 2 rings (SSSR count). The Kier molecular flexibility index (Phi) is 6.16. The number of anilines is 2. The van der Waals surface area contributed by atoms with Gasteiger partial charge in [-0.1, -0.05) is 12.1 Å². The van der Waals surface area contributed by atoms with Crippen LogP contribution in [0.3, 0.4) is 0 Å². The second kappa shape index (κ2) is 8.53. The first-order valence-corrected chi connectivity index (χ1v) is 7.50. The van der Waals surface area contributed by atoms with E-state index in [2.05, 4.69) is 15.3 Å². The van der Waals surface area contributed by atoms with Crippen LogP contribution >= 0.6 is 0 Å². The topological polar surface area (TPSA) is 101 Å². The number of aromatic nitrogens is 2. The lowest BCUT2D eigenvalue weighted by Gasteiger charge is -2.15. The fraction of sp³-hybridized carbons (Fsp3) is 0.235. The van der Waals surface area contributed by atoms with Crippen molar-refractivity contribution in [2.75, 3.05) is 30.4 Å². The maximum Gasteiger partial charge on any atom is 0.326 e. The molecular formula is C17H18N4O4. The van der Waals surface area contributed by atoms with Crippen molar-refractivity contribution in [2.45, 2.75) is 6.92 Å². The van der Waals surface area contributed by atoms with Crippen LogP contribution < -0.4 is 10.2 Å². The lowest BCUT2D eigenvalue weighted by molar-refractivity contribution is -0.145. The zero-order chi connectivity index (χ0) is 18.2. The molecule has 1 N–H and O–H groups in total. The summed E-state index contributed by atoms with van der Waals surface area (Å²) in [5.41, 5.74) is 0.947. The van der Waals surface area contributed by atoms with Gasteiger partial charge in [-0.25, -0.2) is 9.97 Å². The second-order valence-electron chi connectivity index (χ2n) is 5.25. The smallest absolute Gasteiger partial charge is 0.326 e. The van der Waals surface area contributed by atoms with Gasteiger partial charge in [-0.05, 0) is 25.1 Å². The fourth-order valence-electron chi connectivity index (χ4n) is 1.96. The Bertz CT molecular complexity index is 764. The van der Waals surface area contributed by atoms with E-state index in [0.717, 1.165) is 0 Å². The van der Waals surface area contributed by atoms with Crippen molar-refractivity contribution in [2.24, 2.45) is 0 Å². The molecular weight excluding hydrogens is 324 g/mol. The molecule has 0 fully saturated rings. The van der Waals surface area contributed by atoms with E-state index in [1.165, 1.54) is 11.8 Å². The summed E-state index contributed by atoms with van der Waals surface area (Å²) in [6, 6.07) is 8.18.